The van der Waals surface area contributed by atoms with Crippen LogP contribution in [0, 0.1) is 0 Å². The molecule has 1 amide bonds. The summed E-state index contributed by atoms with van der Waals surface area (Å²) < 4.78 is 37.9. The van der Waals surface area contributed by atoms with Gasteiger partial charge in [-0.1, -0.05) is 12.1 Å². The van der Waals surface area contributed by atoms with Crippen molar-refractivity contribution in [1.29, 1.82) is 0 Å². The Hall–Kier alpha value is -1.37. The van der Waals surface area contributed by atoms with Crippen molar-refractivity contribution in [3.8, 4) is 0 Å². The van der Waals surface area contributed by atoms with Crippen molar-refractivity contribution < 1.29 is 18.0 Å². The lowest BCUT2D eigenvalue weighted by atomic mass is 10.1. The molecule has 1 aliphatic rings. The van der Waals surface area contributed by atoms with E-state index in [4.69, 9.17) is 0 Å². The van der Waals surface area contributed by atoms with Gasteiger partial charge in [-0.15, -0.1) is 0 Å². The van der Waals surface area contributed by atoms with Gasteiger partial charge in [0.05, 0.1) is 0 Å². The summed E-state index contributed by atoms with van der Waals surface area (Å²) in [5, 5.41) is 0. The van der Waals surface area contributed by atoms with Crippen LogP contribution < -0.4 is 0 Å². The van der Waals surface area contributed by atoms with E-state index >= 15 is 0 Å². The van der Waals surface area contributed by atoms with Gasteiger partial charge in [0.1, 0.15) is 10.3 Å². The van der Waals surface area contributed by atoms with Crippen LogP contribution in [0.5, 0.6) is 0 Å². The zero-order valence-electron chi connectivity index (χ0n) is 9.75. The Labute approximate surface area is 116 Å². The highest BCUT2D eigenvalue weighted by Crippen LogP contribution is 2.30. The number of carbonyl (C=O) groups excluding carboxylic acids is 1. The second-order valence-corrected chi connectivity index (χ2v) is 4.89. The molecule has 3 nitrogen and oxygen atoms in total. The van der Waals surface area contributed by atoms with Crippen LogP contribution in [0.25, 0.3) is 0 Å². The van der Waals surface area contributed by atoms with Crippen LogP contribution in [0.2, 0.25) is 0 Å². The molecule has 0 aliphatic carbocycles. The molecule has 0 bridgehead atoms. The summed E-state index contributed by atoms with van der Waals surface area (Å²) in [6.07, 6.45) is -3.42. The van der Waals surface area contributed by atoms with Crippen LogP contribution in [0.15, 0.2) is 34.5 Å². The van der Waals surface area contributed by atoms with Gasteiger partial charge < -0.3 is 4.90 Å². The number of carbonyl (C=O) groups is 1. The summed E-state index contributed by atoms with van der Waals surface area (Å²) in [5.41, 5.74) is -0.350. The SMILES string of the molecule is O=C(c1cccc(Br)n1)N1CC=C(C(F)(F)F)CC1. The normalized spacial score (nSPS) is 16.2. The van der Waals surface area contributed by atoms with Crippen molar-refractivity contribution >= 4 is 21.8 Å². The van der Waals surface area contributed by atoms with Gasteiger partial charge in [-0.3, -0.25) is 4.79 Å². The van der Waals surface area contributed by atoms with Crippen LogP contribution in [-0.4, -0.2) is 35.1 Å². The summed E-state index contributed by atoms with van der Waals surface area (Å²) in [6.45, 7) is 0.0141. The number of hydrogen-bond donors (Lipinski definition) is 0. The molecule has 7 heteroatoms. The van der Waals surface area contributed by atoms with Crippen LogP contribution >= 0.6 is 15.9 Å². The minimum Gasteiger partial charge on any atom is -0.333 e. The van der Waals surface area contributed by atoms with Crippen LogP contribution in [0.4, 0.5) is 13.2 Å². The second kappa shape index (κ2) is 5.32. The molecular weight excluding hydrogens is 325 g/mol. The highest BCUT2D eigenvalue weighted by molar-refractivity contribution is 9.10. The molecule has 0 atom stereocenters. The first-order chi connectivity index (χ1) is 8.88. The largest absolute Gasteiger partial charge is 0.412 e. The van der Waals surface area contributed by atoms with Gasteiger partial charge in [0.15, 0.2) is 0 Å². The highest BCUT2D eigenvalue weighted by Gasteiger charge is 2.35. The number of amides is 1. The molecule has 1 aliphatic heterocycles. The van der Waals surface area contributed by atoms with Gasteiger partial charge in [0.25, 0.3) is 5.91 Å². The fourth-order valence-electron chi connectivity index (χ4n) is 1.80. The fraction of sp³-hybridized carbons (Fsp3) is 0.333. The lowest BCUT2D eigenvalue weighted by molar-refractivity contribution is -0.0957. The molecule has 1 aromatic heterocycles. The minimum atomic E-state index is -4.30. The zero-order chi connectivity index (χ0) is 14.0. The van der Waals surface area contributed by atoms with E-state index in [1.54, 1.807) is 12.1 Å². The fourth-order valence-corrected chi connectivity index (χ4v) is 2.14. The lowest BCUT2D eigenvalue weighted by Gasteiger charge is -2.27. The number of hydrogen-bond acceptors (Lipinski definition) is 2. The van der Waals surface area contributed by atoms with E-state index < -0.39 is 11.7 Å². The Kier molecular flexibility index (Phi) is 3.93. The topological polar surface area (TPSA) is 33.2 Å². The Morgan fingerprint density at radius 1 is 1.37 bits per heavy atom. The van der Waals surface area contributed by atoms with E-state index in [0.717, 1.165) is 6.08 Å². The number of nitrogens with zero attached hydrogens (tertiary/aromatic N) is 2. The Morgan fingerprint density at radius 3 is 2.63 bits per heavy atom. The standard InChI is InChI=1S/C12H10BrF3N2O/c13-10-3-1-2-9(17-10)11(19)18-6-4-8(5-7-18)12(14,15)16/h1-4H,5-7H2. The second-order valence-electron chi connectivity index (χ2n) is 4.07. The predicted octanol–water partition coefficient (Wildman–Crippen LogP) is 3.18. The van der Waals surface area contributed by atoms with Gasteiger partial charge >= 0.3 is 6.18 Å². The Balaban J connectivity index is 2.10. The smallest absolute Gasteiger partial charge is 0.333 e. The van der Waals surface area contributed by atoms with Gasteiger partial charge in [-0.05, 0) is 34.5 Å². The first-order valence-corrected chi connectivity index (χ1v) is 6.35. The maximum atomic E-state index is 12.5. The van der Waals surface area contributed by atoms with E-state index in [0.29, 0.717) is 4.60 Å². The van der Waals surface area contributed by atoms with Crippen LogP contribution in [-0.2, 0) is 0 Å². The molecule has 2 heterocycles. The summed E-state index contributed by atoms with van der Waals surface area (Å²) >= 11 is 3.15. The van der Waals surface area contributed by atoms with Crippen LogP contribution in [0.1, 0.15) is 16.9 Å². The molecule has 0 unspecified atom stereocenters. The van der Waals surface area contributed by atoms with Crippen molar-refractivity contribution in [2.24, 2.45) is 0 Å². The van der Waals surface area contributed by atoms with Gasteiger partial charge in [0, 0.05) is 18.7 Å². The summed E-state index contributed by atoms with van der Waals surface area (Å²) in [5.74, 6) is -0.362. The lowest BCUT2D eigenvalue weighted by Crippen LogP contribution is -2.37. The summed E-state index contributed by atoms with van der Waals surface area (Å²) in [7, 11) is 0. The highest BCUT2D eigenvalue weighted by atomic mass is 79.9. The van der Waals surface area contributed by atoms with Gasteiger partial charge in [0.2, 0.25) is 0 Å². The van der Waals surface area contributed by atoms with Crippen molar-refractivity contribution in [2.75, 3.05) is 13.1 Å². The number of halogens is 4. The average Bonchev–Trinajstić information content (AvgIpc) is 2.37. The molecular formula is C12H10BrF3N2O. The molecule has 0 radical (unpaired) electrons. The number of pyridine rings is 1. The quantitative estimate of drug-likeness (QED) is 0.583. The molecule has 1 aromatic rings. The molecule has 0 saturated carbocycles. The van der Waals surface area contributed by atoms with E-state index in [-0.39, 0.29) is 31.1 Å². The molecule has 0 spiro atoms. The van der Waals surface area contributed by atoms with E-state index in [1.807, 2.05) is 0 Å². The monoisotopic (exact) mass is 334 g/mol. The minimum absolute atomic E-state index is 0.0398. The van der Waals surface area contributed by atoms with Crippen LogP contribution in [0.3, 0.4) is 0 Å². The van der Waals surface area contributed by atoms with Gasteiger partial charge in [-0.25, -0.2) is 4.98 Å². The summed E-state index contributed by atoms with van der Waals surface area (Å²) in [4.78, 5) is 17.4. The molecule has 19 heavy (non-hydrogen) atoms. The van der Waals surface area contributed by atoms with E-state index in [9.17, 15) is 18.0 Å². The van der Waals surface area contributed by atoms with E-state index in [1.165, 1.54) is 11.0 Å². The Bertz CT molecular complexity index is 528. The maximum Gasteiger partial charge on any atom is 0.412 e. The Morgan fingerprint density at radius 2 is 2.11 bits per heavy atom. The maximum absolute atomic E-state index is 12.5. The molecule has 0 aromatic carbocycles. The summed E-state index contributed by atoms with van der Waals surface area (Å²) in [6, 6.07) is 4.87. The third kappa shape index (κ3) is 3.34. The molecule has 2 rings (SSSR count). The zero-order valence-corrected chi connectivity index (χ0v) is 11.3. The average molecular weight is 335 g/mol. The molecule has 0 saturated heterocycles. The van der Waals surface area contributed by atoms with Crippen molar-refractivity contribution in [3.63, 3.8) is 0 Å². The van der Waals surface area contributed by atoms with Crippen molar-refractivity contribution in [2.45, 2.75) is 12.6 Å². The first kappa shape index (κ1) is 14.0. The van der Waals surface area contributed by atoms with Crippen molar-refractivity contribution in [3.05, 3.63) is 40.1 Å². The molecule has 0 N–H and O–H groups in total. The van der Waals surface area contributed by atoms with E-state index in [2.05, 4.69) is 20.9 Å². The number of rotatable bonds is 1. The number of aromatic nitrogens is 1. The third-order valence-corrected chi connectivity index (χ3v) is 3.24. The number of alkyl halides is 3. The van der Waals surface area contributed by atoms with Crippen molar-refractivity contribution in [1.82, 2.24) is 9.88 Å². The predicted molar refractivity (Wildman–Crippen MR) is 66.6 cm³/mol. The third-order valence-electron chi connectivity index (χ3n) is 2.79. The first-order valence-electron chi connectivity index (χ1n) is 5.56. The van der Waals surface area contributed by atoms with Gasteiger partial charge in [-0.2, -0.15) is 13.2 Å². The molecule has 0 fully saturated rings. The molecule has 102 valence electrons.